The Hall–Kier alpha value is -2.18. The monoisotopic (exact) mass is 370 g/mol. The van der Waals surface area contributed by atoms with Crippen molar-refractivity contribution >= 4 is 37.1 Å². The molecule has 1 rings (SSSR count). The van der Waals surface area contributed by atoms with E-state index >= 15 is 0 Å². The summed E-state index contributed by atoms with van der Waals surface area (Å²) < 4.78 is 20.9. The van der Waals surface area contributed by atoms with Crippen molar-refractivity contribution in [1.29, 1.82) is 0 Å². The molecule has 1 N–H and O–H groups in total. The topological polar surface area (TPSA) is 158 Å². The van der Waals surface area contributed by atoms with Crippen LogP contribution in [0.2, 0.25) is 0 Å². The fourth-order valence-corrected chi connectivity index (χ4v) is 2.82. The molecule has 0 atom stereocenters. The van der Waals surface area contributed by atoms with Crippen LogP contribution in [0, 0.1) is 23.8 Å². The van der Waals surface area contributed by atoms with E-state index in [2.05, 4.69) is 0 Å². The normalized spacial score (nSPS) is 10.3. The minimum atomic E-state index is -4.49. The Morgan fingerprint density at radius 1 is 1.17 bits per heavy atom. The Morgan fingerprint density at radius 2 is 1.72 bits per heavy atom. The second kappa shape index (κ2) is 4.99. The van der Waals surface area contributed by atoms with Crippen LogP contribution < -0.4 is 0 Å². The maximum absolute atomic E-state index is 10.9. The summed E-state index contributed by atoms with van der Waals surface area (Å²) >= 11 is -4.49. The second-order valence-electron chi connectivity index (χ2n) is 2.86. The number of nitrogens with zero attached hydrogens (tertiary/aromatic N) is 2. The number of aromatic carboxylic acids is 1. The first-order valence-corrected chi connectivity index (χ1v) is 6.85. The van der Waals surface area contributed by atoms with Gasteiger partial charge in [0.05, 0.1) is 21.5 Å². The minimum absolute atomic E-state index is 0.419. The SMILES string of the molecule is O=C(O)c1cc([N+](=O)[O-])cc([N+](=O)[O-])c1I(=O)=O. The van der Waals surface area contributed by atoms with E-state index in [4.69, 9.17) is 5.11 Å². The molecular weight excluding hydrogens is 367 g/mol. The number of carbonyl (C=O) groups is 1. The average Bonchev–Trinajstić information content (AvgIpc) is 2.26. The number of carboxylic acids is 1. The molecule has 1 aromatic rings. The second-order valence-corrected chi connectivity index (χ2v) is 5.18. The van der Waals surface area contributed by atoms with Gasteiger partial charge in [-0.15, -0.1) is 0 Å². The molecule has 0 heterocycles. The number of nitro groups is 2. The molecule has 96 valence electrons. The van der Waals surface area contributed by atoms with Gasteiger partial charge in [-0.1, -0.05) is 0 Å². The fraction of sp³-hybridized carbons (Fsp3) is 0. The van der Waals surface area contributed by atoms with Crippen LogP contribution in [0.15, 0.2) is 12.1 Å². The summed E-state index contributed by atoms with van der Waals surface area (Å²) in [4.78, 5) is 29.7. The highest BCUT2D eigenvalue weighted by Gasteiger charge is 2.30. The van der Waals surface area contributed by atoms with Gasteiger partial charge >= 0.3 is 25.8 Å². The zero-order valence-electron chi connectivity index (χ0n) is 8.23. The van der Waals surface area contributed by atoms with Crippen LogP contribution in [-0.2, 0) is 6.14 Å². The number of non-ortho nitro benzene ring substituents is 1. The van der Waals surface area contributed by atoms with E-state index in [1.807, 2.05) is 0 Å². The van der Waals surface area contributed by atoms with Crippen molar-refractivity contribution in [2.24, 2.45) is 0 Å². The zero-order valence-corrected chi connectivity index (χ0v) is 10.4. The molecule has 10 nitrogen and oxygen atoms in total. The van der Waals surface area contributed by atoms with Crippen LogP contribution in [0.4, 0.5) is 11.4 Å². The molecule has 0 bridgehead atoms. The van der Waals surface area contributed by atoms with Crippen LogP contribution in [0.3, 0.4) is 0 Å². The number of benzene rings is 1. The van der Waals surface area contributed by atoms with Crippen LogP contribution in [0.5, 0.6) is 0 Å². The van der Waals surface area contributed by atoms with Crippen molar-refractivity contribution in [2.75, 3.05) is 0 Å². The molecule has 11 heteroatoms. The summed E-state index contributed by atoms with van der Waals surface area (Å²) in [6, 6.07) is 0.896. The summed E-state index contributed by atoms with van der Waals surface area (Å²) in [5.74, 6) is -1.79. The van der Waals surface area contributed by atoms with Gasteiger partial charge in [-0.2, -0.15) is 0 Å². The Balaban J connectivity index is 3.82. The summed E-state index contributed by atoms with van der Waals surface area (Å²) in [5.41, 5.74) is -2.93. The van der Waals surface area contributed by atoms with Crippen molar-refractivity contribution in [1.82, 2.24) is 0 Å². The Labute approximate surface area is 105 Å². The molecule has 0 aliphatic heterocycles. The van der Waals surface area contributed by atoms with E-state index < -0.39 is 56.1 Å². The standard InChI is InChI=1S/C7H3IN2O8/c11-7(12)4-1-3(9(15)16)2-5(10(17)18)6(4)8(13)14/h1-2H,(H,11,12). The third-order valence-electron chi connectivity index (χ3n) is 1.83. The van der Waals surface area contributed by atoms with Crippen LogP contribution in [0.25, 0.3) is 0 Å². The van der Waals surface area contributed by atoms with Crippen molar-refractivity contribution in [2.45, 2.75) is 0 Å². The smallest absolute Gasteiger partial charge is 0.348 e. The molecular formula is C7H3IN2O8. The summed E-state index contributed by atoms with van der Waals surface area (Å²) in [7, 11) is 0. The Morgan fingerprint density at radius 3 is 2.06 bits per heavy atom. The highest BCUT2D eigenvalue weighted by molar-refractivity contribution is 14.2. The minimum Gasteiger partial charge on any atom is -0.478 e. The molecule has 0 unspecified atom stereocenters. The average molecular weight is 370 g/mol. The number of hydrogen-bond acceptors (Lipinski definition) is 7. The zero-order chi connectivity index (χ0) is 14.0. The molecule has 0 radical (unpaired) electrons. The number of nitro benzene ring substituents is 2. The van der Waals surface area contributed by atoms with Gasteiger partial charge in [0.15, 0.2) is 3.57 Å². The van der Waals surface area contributed by atoms with Crippen LogP contribution in [-0.4, -0.2) is 20.9 Å². The molecule has 1 aromatic carbocycles. The predicted molar refractivity (Wildman–Crippen MR) is 60.8 cm³/mol. The highest BCUT2D eigenvalue weighted by Crippen LogP contribution is 2.34. The van der Waals surface area contributed by atoms with Crippen molar-refractivity contribution in [3.8, 4) is 0 Å². The fourth-order valence-electron chi connectivity index (χ4n) is 1.15. The van der Waals surface area contributed by atoms with Crippen molar-refractivity contribution in [3.63, 3.8) is 0 Å². The van der Waals surface area contributed by atoms with E-state index in [-0.39, 0.29) is 0 Å². The predicted octanol–water partition coefficient (Wildman–Crippen LogP) is 1.57. The lowest BCUT2D eigenvalue weighted by Crippen LogP contribution is -2.05. The quantitative estimate of drug-likeness (QED) is 0.475. The van der Waals surface area contributed by atoms with Gasteiger partial charge in [-0.3, -0.25) is 20.2 Å². The highest BCUT2D eigenvalue weighted by atomic mass is 127. The molecule has 0 aliphatic rings. The number of hydrogen-bond donors (Lipinski definition) is 1. The Bertz CT molecular complexity index is 591. The summed E-state index contributed by atoms with van der Waals surface area (Å²) in [6.07, 6.45) is 0. The van der Waals surface area contributed by atoms with Crippen molar-refractivity contribution in [3.05, 3.63) is 41.5 Å². The van der Waals surface area contributed by atoms with Gasteiger partial charge in [0.25, 0.3) is 11.4 Å². The third-order valence-corrected chi connectivity index (χ3v) is 3.84. The van der Waals surface area contributed by atoms with Gasteiger partial charge in [0.2, 0.25) is 0 Å². The molecule has 0 amide bonds. The summed E-state index contributed by atoms with van der Waals surface area (Å²) in [5, 5.41) is 29.8. The molecule has 18 heavy (non-hydrogen) atoms. The number of halogens is 1. The molecule has 0 aromatic heterocycles. The first-order valence-electron chi connectivity index (χ1n) is 4.01. The lowest BCUT2D eigenvalue weighted by atomic mass is 10.2. The lowest BCUT2D eigenvalue weighted by Gasteiger charge is -2.00. The Kier molecular flexibility index (Phi) is 3.85. The van der Waals surface area contributed by atoms with E-state index in [0.29, 0.717) is 12.1 Å². The van der Waals surface area contributed by atoms with Gasteiger partial charge in [-0.05, 0) is 0 Å². The largest absolute Gasteiger partial charge is 0.478 e. The maximum atomic E-state index is 10.9. The molecule has 0 fully saturated rings. The molecule has 0 spiro atoms. The molecule has 0 saturated heterocycles. The van der Waals surface area contributed by atoms with Gasteiger partial charge in [0, 0.05) is 6.07 Å². The molecule has 0 saturated carbocycles. The van der Waals surface area contributed by atoms with Gasteiger partial charge < -0.3 is 5.11 Å². The number of carboxylic acid groups (broad SMARTS) is 1. The van der Waals surface area contributed by atoms with E-state index in [1.54, 1.807) is 0 Å². The maximum Gasteiger partial charge on any atom is 0.348 e. The first kappa shape index (κ1) is 13.9. The van der Waals surface area contributed by atoms with Crippen LogP contribution in [0.1, 0.15) is 10.4 Å². The van der Waals surface area contributed by atoms with Crippen molar-refractivity contribution < 1.29 is 25.9 Å². The summed E-state index contributed by atoms with van der Waals surface area (Å²) in [6.45, 7) is 0. The van der Waals surface area contributed by atoms with E-state index in [0.717, 1.165) is 0 Å². The van der Waals surface area contributed by atoms with E-state index in [1.165, 1.54) is 0 Å². The van der Waals surface area contributed by atoms with Gasteiger partial charge in [-0.25, -0.2) is 10.9 Å². The van der Waals surface area contributed by atoms with Gasteiger partial charge in [0.1, 0.15) is 0 Å². The number of rotatable bonds is 4. The van der Waals surface area contributed by atoms with Crippen LogP contribution >= 0.6 is 19.8 Å². The lowest BCUT2D eigenvalue weighted by molar-refractivity contribution is -0.394. The first-order chi connectivity index (χ1) is 8.25. The third kappa shape index (κ3) is 2.55. The van der Waals surface area contributed by atoms with E-state index in [9.17, 15) is 31.2 Å². The molecule has 0 aliphatic carbocycles.